The quantitative estimate of drug-likeness (QED) is 0.298. The number of aromatic amines is 1. The smallest absolute Gasteiger partial charge is 0.337 e. The molecule has 3 aromatic heterocycles. The molecule has 0 spiro atoms. The lowest BCUT2D eigenvalue weighted by molar-refractivity contribution is -0.160. The second-order valence-corrected chi connectivity index (χ2v) is 10.6. The average molecular weight is 509 g/mol. The van der Waals surface area contributed by atoms with Gasteiger partial charge in [-0.05, 0) is 74.7 Å². The highest BCUT2D eigenvalue weighted by molar-refractivity contribution is 6.08. The van der Waals surface area contributed by atoms with E-state index in [1.807, 2.05) is 70.3 Å². The Morgan fingerprint density at radius 2 is 2.03 bits per heavy atom. The van der Waals surface area contributed by atoms with Gasteiger partial charge < -0.3 is 14.6 Å². The molecule has 5 aromatic rings. The number of ether oxygens (including phenoxy) is 2. The molecule has 0 saturated heterocycles. The molecule has 0 unspecified atom stereocenters. The second kappa shape index (κ2) is 8.92. The number of nitrogens with one attached hydrogen (secondary N) is 1. The summed E-state index contributed by atoms with van der Waals surface area (Å²) in [5.41, 5.74) is 6.59. The Labute approximate surface area is 219 Å². The van der Waals surface area contributed by atoms with Crippen LogP contribution in [0.1, 0.15) is 43.6 Å². The third-order valence-electron chi connectivity index (χ3n) is 6.83. The number of hydrogen-bond donors (Lipinski definition) is 2. The number of H-pyrrole nitrogens is 1. The predicted molar refractivity (Wildman–Crippen MR) is 145 cm³/mol. The standard InChI is InChI=1S/C30H28N4O4/c1-16-13-22-19(5-7-21(34-22)18-14-32-33-15-18)26(24(16)28(29(35)36)38-30(2,3)4)20-6-8-23-25-17(10-12-37-23)9-11-31-27(20)25/h5-9,11,13-15,28H,10,12H2,1-4H3,(H,32,33)(H,35,36)/t28-/m0/s1. The number of aromatic nitrogens is 4. The van der Waals surface area contributed by atoms with Crippen LogP contribution < -0.4 is 4.74 Å². The van der Waals surface area contributed by atoms with Crippen molar-refractivity contribution in [2.75, 3.05) is 6.61 Å². The largest absolute Gasteiger partial charge is 0.493 e. The van der Waals surface area contributed by atoms with E-state index in [0.717, 1.165) is 67.5 Å². The van der Waals surface area contributed by atoms with E-state index in [1.165, 1.54) is 0 Å². The van der Waals surface area contributed by atoms with E-state index in [2.05, 4.69) is 10.2 Å². The summed E-state index contributed by atoms with van der Waals surface area (Å²) in [5, 5.41) is 19.1. The molecule has 0 bridgehead atoms. The van der Waals surface area contributed by atoms with Crippen molar-refractivity contribution in [3.8, 4) is 28.1 Å². The second-order valence-electron chi connectivity index (χ2n) is 10.6. The Balaban J connectivity index is 1.71. The van der Waals surface area contributed by atoms with Crippen LogP contribution in [0.3, 0.4) is 0 Å². The van der Waals surface area contributed by atoms with Crippen molar-refractivity contribution in [3.63, 3.8) is 0 Å². The summed E-state index contributed by atoms with van der Waals surface area (Å²) in [6, 6.07) is 11.8. The van der Waals surface area contributed by atoms with Gasteiger partial charge in [0.05, 0.1) is 35.1 Å². The van der Waals surface area contributed by atoms with Crippen LogP contribution in [-0.4, -0.2) is 43.4 Å². The van der Waals surface area contributed by atoms with Crippen LogP contribution in [0.2, 0.25) is 0 Å². The first-order chi connectivity index (χ1) is 18.2. The number of nitrogens with zero attached hydrogens (tertiary/aromatic N) is 3. The van der Waals surface area contributed by atoms with Gasteiger partial charge in [0.1, 0.15) is 5.75 Å². The molecule has 192 valence electrons. The van der Waals surface area contributed by atoms with Crippen LogP contribution in [0.15, 0.2) is 55.0 Å². The summed E-state index contributed by atoms with van der Waals surface area (Å²) in [6.07, 6.45) is 4.93. The molecule has 6 rings (SSSR count). The van der Waals surface area contributed by atoms with E-state index in [4.69, 9.17) is 19.4 Å². The Morgan fingerprint density at radius 3 is 2.76 bits per heavy atom. The Hall–Kier alpha value is -4.30. The number of aliphatic carboxylic acids is 1. The van der Waals surface area contributed by atoms with Crippen molar-refractivity contribution in [1.82, 2.24) is 20.2 Å². The van der Waals surface area contributed by atoms with Gasteiger partial charge in [0.15, 0.2) is 6.10 Å². The minimum Gasteiger partial charge on any atom is -0.493 e. The minimum absolute atomic E-state index is 0.594. The molecule has 2 N–H and O–H groups in total. The van der Waals surface area contributed by atoms with Crippen molar-refractivity contribution in [3.05, 3.63) is 71.7 Å². The first-order valence-corrected chi connectivity index (χ1v) is 12.6. The first kappa shape index (κ1) is 24.1. The number of pyridine rings is 2. The lowest BCUT2D eigenvalue weighted by Gasteiger charge is -2.29. The fraction of sp³-hybridized carbons (Fsp3) is 0.267. The number of carboxylic acids is 1. The molecule has 0 aliphatic carbocycles. The van der Waals surface area contributed by atoms with E-state index in [1.54, 1.807) is 12.4 Å². The van der Waals surface area contributed by atoms with Gasteiger partial charge >= 0.3 is 5.97 Å². The maximum absolute atomic E-state index is 12.7. The molecule has 1 aliphatic heterocycles. The molecule has 1 aliphatic rings. The predicted octanol–water partition coefficient (Wildman–Crippen LogP) is 6.02. The number of hydrogen-bond acceptors (Lipinski definition) is 6. The van der Waals surface area contributed by atoms with Gasteiger partial charge in [0.25, 0.3) is 0 Å². The maximum Gasteiger partial charge on any atom is 0.337 e. The van der Waals surface area contributed by atoms with Crippen molar-refractivity contribution in [2.45, 2.75) is 45.8 Å². The Kier molecular flexibility index (Phi) is 5.65. The number of carboxylic acid groups (broad SMARTS) is 1. The zero-order valence-corrected chi connectivity index (χ0v) is 21.7. The van der Waals surface area contributed by atoms with Crippen LogP contribution in [0, 0.1) is 6.92 Å². The monoisotopic (exact) mass is 508 g/mol. The maximum atomic E-state index is 12.7. The lowest BCUT2D eigenvalue weighted by Crippen LogP contribution is -2.28. The normalized spacial score (nSPS) is 14.0. The van der Waals surface area contributed by atoms with E-state index in [-0.39, 0.29) is 0 Å². The molecule has 8 nitrogen and oxygen atoms in total. The highest BCUT2D eigenvalue weighted by Gasteiger charge is 2.33. The summed E-state index contributed by atoms with van der Waals surface area (Å²) in [4.78, 5) is 22.4. The average Bonchev–Trinajstić information content (AvgIpc) is 3.42. The summed E-state index contributed by atoms with van der Waals surface area (Å²) in [7, 11) is 0. The third-order valence-corrected chi connectivity index (χ3v) is 6.83. The van der Waals surface area contributed by atoms with E-state index < -0.39 is 17.7 Å². The number of aryl methyl sites for hydroxylation is 1. The number of benzene rings is 2. The van der Waals surface area contributed by atoms with Gasteiger partial charge in [0, 0.05) is 46.3 Å². The van der Waals surface area contributed by atoms with Crippen LogP contribution >= 0.6 is 0 Å². The van der Waals surface area contributed by atoms with Crippen LogP contribution in [0.4, 0.5) is 0 Å². The molecule has 2 aromatic carbocycles. The summed E-state index contributed by atoms with van der Waals surface area (Å²) >= 11 is 0. The fourth-order valence-electron chi connectivity index (χ4n) is 5.29. The van der Waals surface area contributed by atoms with E-state index in [9.17, 15) is 9.90 Å². The SMILES string of the molecule is Cc1cc2nc(-c3cn[nH]c3)ccc2c(-c2ccc3c4c(ccnc24)CCO3)c1[C@H](OC(C)(C)C)C(=O)O. The molecule has 8 heteroatoms. The zero-order chi connectivity index (χ0) is 26.6. The van der Waals surface area contributed by atoms with Crippen LogP contribution in [0.5, 0.6) is 5.75 Å². The number of fused-ring (bicyclic) bond motifs is 1. The number of rotatable bonds is 5. The molecule has 0 fully saturated rings. The highest BCUT2D eigenvalue weighted by Crippen LogP contribution is 2.45. The van der Waals surface area contributed by atoms with Crippen LogP contribution in [0.25, 0.3) is 44.2 Å². The molecular formula is C30H28N4O4. The number of carbonyl (C=O) groups is 1. The molecule has 0 saturated carbocycles. The van der Waals surface area contributed by atoms with Crippen LogP contribution in [-0.2, 0) is 16.0 Å². The third kappa shape index (κ3) is 4.07. The minimum atomic E-state index is -1.19. The van der Waals surface area contributed by atoms with Crippen molar-refractivity contribution < 1.29 is 19.4 Å². The highest BCUT2D eigenvalue weighted by atomic mass is 16.5. The molecule has 0 amide bonds. The van der Waals surface area contributed by atoms with Crippen molar-refractivity contribution >= 4 is 27.8 Å². The van der Waals surface area contributed by atoms with Gasteiger partial charge in [-0.3, -0.25) is 10.1 Å². The molecule has 1 atom stereocenters. The summed E-state index contributed by atoms with van der Waals surface area (Å²) < 4.78 is 12.1. The van der Waals surface area contributed by atoms with Gasteiger partial charge in [-0.25, -0.2) is 9.78 Å². The molecule has 0 radical (unpaired) electrons. The van der Waals surface area contributed by atoms with Gasteiger partial charge in [-0.1, -0.05) is 6.07 Å². The first-order valence-electron chi connectivity index (χ1n) is 12.6. The summed E-state index contributed by atoms with van der Waals surface area (Å²) in [6.45, 7) is 8.11. The Morgan fingerprint density at radius 1 is 1.18 bits per heavy atom. The lowest BCUT2D eigenvalue weighted by atomic mass is 9.86. The summed E-state index contributed by atoms with van der Waals surface area (Å²) in [5.74, 6) is -0.261. The van der Waals surface area contributed by atoms with E-state index in [0.29, 0.717) is 12.2 Å². The van der Waals surface area contributed by atoms with Gasteiger partial charge in [-0.2, -0.15) is 5.10 Å². The van der Waals surface area contributed by atoms with Gasteiger partial charge in [0.2, 0.25) is 0 Å². The van der Waals surface area contributed by atoms with Crippen molar-refractivity contribution in [2.24, 2.45) is 0 Å². The topological polar surface area (TPSA) is 110 Å². The zero-order valence-electron chi connectivity index (χ0n) is 21.7. The van der Waals surface area contributed by atoms with Gasteiger partial charge in [-0.15, -0.1) is 0 Å². The molecular weight excluding hydrogens is 480 g/mol. The Bertz CT molecular complexity index is 1690. The molecule has 38 heavy (non-hydrogen) atoms. The molecule has 4 heterocycles. The van der Waals surface area contributed by atoms with E-state index >= 15 is 0 Å². The van der Waals surface area contributed by atoms with Crippen molar-refractivity contribution in [1.29, 1.82) is 0 Å². The fourth-order valence-corrected chi connectivity index (χ4v) is 5.29.